The van der Waals surface area contributed by atoms with E-state index in [0.29, 0.717) is 5.92 Å². The smallest absolute Gasteiger partial charge is 0.119 e. The summed E-state index contributed by atoms with van der Waals surface area (Å²) in [5, 5.41) is 7.73. The van der Waals surface area contributed by atoms with Crippen LogP contribution in [0.1, 0.15) is 30.0 Å². The van der Waals surface area contributed by atoms with Crippen molar-refractivity contribution in [2.45, 2.75) is 25.2 Å². The molecular formula is C22H26N4O. The molecule has 3 aromatic rings. The molecule has 1 fully saturated rings. The number of methoxy groups -OCH3 is 1. The van der Waals surface area contributed by atoms with Crippen LogP contribution in [0.3, 0.4) is 0 Å². The number of hydrogen-bond donors (Lipinski definition) is 1. The Bertz CT molecular complexity index is 854. The average molecular weight is 362 g/mol. The van der Waals surface area contributed by atoms with Gasteiger partial charge < -0.3 is 9.64 Å². The van der Waals surface area contributed by atoms with Crippen LogP contribution in [-0.4, -0.2) is 46.8 Å². The van der Waals surface area contributed by atoms with Gasteiger partial charge in [-0.3, -0.25) is 10.1 Å². The SMILES string of the molecule is COc1cccc(CCN2CCC(c3cc(-c4cccnc4)n[nH]3)CC2)c1. The van der Waals surface area contributed by atoms with Gasteiger partial charge in [0.2, 0.25) is 0 Å². The summed E-state index contributed by atoms with van der Waals surface area (Å²) in [6, 6.07) is 14.6. The highest BCUT2D eigenvalue weighted by Crippen LogP contribution is 2.29. The van der Waals surface area contributed by atoms with Crippen LogP contribution in [-0.2, 0) is 6.42 Å². The molecule has 1 aromatic carbocycles. The van der Waals surface area contributed by atoms with Gasteiger partial charge in [0.25, 0.3) is 0 Å². The number of nitrogens with zero attached hydrogens (tertiary/aromatic N) is 3. The summed E-state index contributed by atoms with van der Waals surface area (Å²) in [7, 11) is 1.72. The van der Waals surface area contributed by atoms with Gasteiger partial charge in [0.05, 0.1) is 12.8 Å². The third-order valence-corrected chi connectivity index (χ3v) is 5.43. The number of benzene rings is 1. The quantitative estimate of drug-likeness (QED) is 0.722. The molecule has 5 nitrogen and oxygen atoms in total. The number of H-pyrrole nitrogens is 1. The van der Waals surface area contributed by atoms with Crippen LogP contribution in [0.2, 0.25) is 0 Å². The molecule has 0 saturated carbocycles. The third-order valence-electron chi connectivity index (χ3n) is 5.43. The summed E-state index contributed by atoms with van der Waals surface area (Å²) in [6.45, 7) is 3.37. The Morgan fingerprint density at radius 1 is 1.15 bits per heavy atom. The zero-order valence-electron chi connectivity index (χ0n) is 15.8. The molecule has 0 radical (unpaired) electrons. The largest absolute Gasteiger partial charge is 0.497 e. The third kappa shape index (κ3) is 4.37. The molecule has 0 atom stereocenters. The van der Waals surface area contributed by atoms with Gasteiger partial charge in [-0.1, -0.05) is 12.1 Å². The van der Waals surface area contributed by atoms with Gasteiger partial charge in [0.1, 0.15) is 5.75 Å². The van der Waals surface area contributed by atoms with Gasteiger partial charge in [-0.15, -0.1) is 0 Å². The lowest BCUT2D eigenvalue weighted by atomic mass is 9.93. The van der Waals surface area contributed by atoms with Gasteiger partial charge in [-0.25, -0.2) is 0 Å². The van der Waals surface area contributed by atoms with Crippen LogP contribution in [0.5, 0.6) is 5.75 Å². The molecule has 0 spiro atoms. The van der Waals surface area contributed by atoms with Crippen LogP contribution < -0.4 is 4.74 Å². The molecule has 27 heavy (non-hydrogen) atoms. The number of ether oxygens (including phenoxy) is 1. The molecule has 1 aliphatic rings. The van der Waals surface area contributed by atoms with Crippen molar-refractivity contribution in [3.63, 3.8) is 0 Å². The second-order valence-corrected chi connectivity index (χ2v) is 7.17. The van der Waals surface area contributed by atoms with E-state index in [-0.39, 0.29) is 0 Å². The molecule has 4 rings (SSSR count). The molecule has 140 valence electrons. The maximum Gasteiger partial charge on any atom is 0.119 e. The van der Waals surface area contributed by atoms with Crippen molar-refractivity contribution in [1.82, 2.24) is 20.1 Å². The Hall–Kier alpha value is -2.66. The maximum absolute atomic E-state index is 5.32. The number of piperidine rings is 1. The lowest BCUT2D eigenvalue weighted by Crippen LogP contribution is -2.34. The van der Waals surface area contributed by atoms with Gasteiger partial charge in [-0.2, -0.15) is 5.10 Å². The number of aromatic amines is 1. The predicted octanol–water partition coefficient (Wildman–Crippen LogP) is 3.90. The average Bonchev–Trinajstić information content (AvgIpc) is 3.24. The van der Waals surface area contributed by atoms with Crippen LogP contribution in [0.25, 0.3) is 11.3 Å². The Balaban J connectivity index is 1.29. The standard InChI is InChI=1S/C22H26N4O/c1-27-20-6-2-4-17(14-20)7-11-26-12-8-18(9-13-26)21-15-22(25-24-21)19-5-3-10-23-16-19/h2-6,10,14-16,18H,7-9,11-13H2,1H3,(H,24,25). The Morgan fingerprint density at radius 3 is 2.81 bits per heavy atom. The minimum absolute atomic E-state index is 0.566. The monoisotopic (exact) mass is 362 g/mol. The molecule has 1 N–H and O–H groups in total. The van der Waals surface area contributed by atoms with E-state index in [2.05, 4.69) is 44.3 Å². The first-order valence-corrected chi connectivity index (χ1v) is 9.63. The number of likely N-dealkylation sites (tertiary alicyclic amines) is 1. The number of nitrogens with one attached hydrogen (secondary N) is 1. The molecule has 1 saturated heterocycles. The van der Waals surface area contributed by atoms with Crippen LogP contribution in [0, 0.1) is 0 Å². The maximum atomic E-state index is 5.32. The van der Waals surface area contributed by atoms with Gasteiger partial charge in [0.15, 0.2) is 0 Å². The summed E-state index contributed by atoms with van der Waals surface area (Å²) in [4.78, 5) is 6.74. The Kier molecular flexibility index (Phi) is 5.49. The van der Waals surface area contributed by atoms with Gasteiger partial charge in [0, 0.05) is 36.1 Å². The number of rotatable bonds is 6. The van der Waals surface area contributed by atoms with Gasteiger partial charge >= 0.3 is 0 Å². The number of aromatic nitrogens is 3. The second kappa shape index (κ2) is 8.35. The van der Waals surface area contributed by atoms with Crippen molar-refractivity contribution in [2.24, 2.45) is 0 Å². The number of hydrogen-bond acceptors (Lipinski definition) is 4. The zero-order chi connectivity index (χ0) is 18.5. The van der Waals surface area contributed by atoms with Crippen molar-refractivity contribution in [3.8, 4) is 17.0 Å². The molecule has 5 heteroatoms. The van der Waals surface area contributed by atoms with Crippen LogP contribution in [0.15, 0.2) is 54.9 Å². The highest BCUT2D eigenvalue weighted by Gasteiger charge is 2.22. The number of pyridine rings is 1. The van der Waals surface area contributed by atoms with E-state index in [4.69, 9.17) is 4.74 Å². The summed E-state index contributed by atoms with van der Waals surface area (Å²) < 4.78 is 5.32. The van der Waals surface area contributed by atoms with Crippen LogP contribution in [0.4, 0.5) is 0 Å². The molecular weight excluding hydrogens is 336 g/mol. The van der Waals surface area contributed by atoms with E-state index in [1.54, 1.807) is 13.3 Å². The first-order valence-electron chi connectivity index (χ1n) is 9.63. The topological polar surface area (TPSA) is 54.0 Å². The fourth-order valence-electron chi connectivity index (χ4n) is 3.79. The summed E-state index contributed by atoms with van der Waals surface area (Å²) in [5.74, 6) is 1.51. The molecule has 1 aliphatic heterocycles. The molecule has 0 bridgehead atoms. The summed E-state index contributed by atoms with van der Waals surface area (Å²) >= 11 is 0. The van der Waals surface area contributed by atoms with E-state index in [0.717, 1.165) is 43.1 Å². The van der Waals surface area contributed by atoms with E-state index >= 15 is 0 Å². The van der Waals surface area contributed by atoms with E-state index < -0.39 is 0 Å². The fourth-order valence-corrected chi connectivity index (χ4v) is 3.79. The van der Waals surface area contributed by atoms with E-state index in [9.17, 15) is 0 Å². The molecule has 0 aliphatic carbocycles. The highest BCUT2D eigenvalue weighted by atomic mass is 16.5. The minimum atomic E-state index is 0.566. The van der Waals surface area contributed by atoms with E-state index in [1.807, 2.05) is 24.4 Å². The van der Waals surface area contributed by atoms with Crippen molar-refractivity contribution in [3.05, 3.63) is 66.1 Å². The zero-order valence-corrected chi connectivity index (χ0v) is 15.8. The van der Waals surface area contributed by atoms with Crippen molar-refractivity contribution in [2.75, 3.05) is 26.7 Å². The first-order chi connectivity index (χ1) is 13.3. The lowest BCUT2D eigenvalue weighted by Gasteiger charge is -2.31. The highest BCUT2D eigenvalue weighted by molar-refractivity contribution is 5.57. The first kappa shape index (κ1) is 17.7. The molecule has 3 heterocycles. The Morgan fingerprint density at radius 2 is 2.04 bits per heavy atom. The normalized spacial score (nSPS) is 15.7. The summed E-state index contributed by atoms with van der Waals surface area (Å²) in [5.41, 5.74) is 4.64. The van der Waals surface area contributed by atoms with Gasteiger partial charge in [-0.05, 0) is 68.2 Å². The summed E-state index contributed by atoms with van der Waals surface area (Å²) in [6.07, 6.45) is 7.07. The van der Waals surface area contributed by atoms with Crippen molar-refractivity contribution in [1.29, 1.82) is 0 Å². The van der Waals surface area contributed by atoms with Crippen molar-refractivity contribution < 1.29 is 4.74 Å². The minimum Gasteiger partial charge on any atom is -0.497 e. The molecule has 0 unspecified atom stereocenters. The predicted molar refractivity (Wildman–Crippen MR) is 107 cm³/mol. The lowest BCUT2D eigenvalue weighted by molar-refractivity contribution is 0.213. The van der Waals surface area contributed by atoms with E-state index in [1.165, 1.54) is 24.1 Å². The second-order valence-electron chi connectivity index (χ2n) is 7.17. The molecule has 0 amide bonds. The fraction of sp³-hybridized carbons (Fsp3) is 0.364. The Labute approximate surface area is 160 Å². The van der Waals surface area contributed by atoms with Crippen LogP contribution >= 0.6 is 0 Å². The molecule has 2 aromatic heterocycles. The van der Waals surface area contributed by atoms with Crippen molar-refractivity contribution >= 4 is 0 Å².